The Morgan fingerprint density at radius 2 is 1.96 bits per heavy atom. The van der Waals surface area contributed by atoms with Crippen molar-refractivity contribution in [2.45, 2.75) is 0 Å². The van der Waals surface area contributed by atoms with Gasteiger partial charge in [-0.15, -0.1) is 0 Å². The van der Waals surface area contributed by atoms with Crippen molar-refractivity contribution in [3.8, 4) is 17.4 Å². The van der Waals surface area contributed by atoms with Crippen molar-refractivity contribution in [1.29, 1.82) is 5.26 Å². The van der Waals surface area contributed by atoms with E-state index in [1.54, 1.807) is 27.6 Å². The zero-order valence-corrected chi connectivity index (χ0v) is 14.2. The zero-order valence-electron chi connectivity index (χ0n) is 12.6. The lowest BCUT2D eigenvalue weighted by molar-refractivity contribution is 0.0593. The molecule has 0 aliphatic rings. The first-order chi connectivity index (χ1) is 11.5. The highest BCUT2D eigenvalue weighted by Gasteiger charge is 2.21. The molecule has 0 saturated heterocycles. The van der Waals surface area contributed by atoms with Crippen molar-refractivity contribution in [3.63, 3.8) is 0 Å². The summed E-state index contributed by atoms with van der Waals surface area (Å²) in [6.45, 7) is 0. The smallest absolute Gasteiger partial charge is 0.357 e. The number of aromatic nitrogens is 3. The third-order valence-corrected chi connectivity index (χ3v) is 3.90. The van der Waals surface area contributed by atoms with E-state index >= 15 is 0 Å². The first-order valence-corrected chi connectivity index (χ1v) is 7.64. The second kappa shape index (κ2) is 6.22. The normalized spacial score (nSPS) is 10.4. The van der Waals surface area contributed by atoms with Gasteiger partial charge in [-0.3, -0.25) is 0 Å². The maximum atomic E-state index is 12.0. The van der Waals surface area contributed by atoms with Crippen LogP contribution in [0.15, 0.2) is 47.3 Å². The first-order valence-electron chi connectivity index (χ1n) is 6.85. The van der Waals surface area contributed by atoms with E-state index < -0.39 is 5.97 Å². The van der Waals surface area contributed by atoms with Crippen LogP contribution in [-0.4, -0.2) is 27.4 Å². The molecule has 120 valence electrons. The molecule has 0 aliphatic carbocycles. The number of anilines is 1. The van der Waals surface area contributed by atoms with Crippen molar-refractivity contribution in [2.24, 2.45) is 0 Å². The van der Waals surface area contributed by atoms with E-state index in [1.807, 2.05) is 24.4 Å². The lowest BCUT2D eigenvalue weighted by atomic mass is 10.2. The van der Waals surface area contributed by atoms with E-state index in [-0.39, 0.29) is 16.9 Å². The monoisotopic (exact) mass is 385 g/mol. The van der Waals surface area contributed by atoms with Crippen LogP contribution in [-0.2, 0) is 4.74 Å². The average Bonchev–Trinajstić information content (AvgIpc) is 3.17. The van der Waals surface area contributed by atoms with Crippen LogP contribution in [0.5, 0.6) is 0 Å². The van der Waals surface area contributed by atoms with Gasteiger partial charge in [-0.2, -0.15) is 10.4 Å². The van der Waals surface area contributed by atoms with Crippen LogP contribution in [0.3, 0.4) is 0 Å². The molecule has 0 spiro atoms. The second-order valence-corrected chi connectivity index (χ2v) is 5.81. The van der Waals surface area contributed by atoms with Gasteiger partial charge < -0.3 is 15.0 Å². The Hall–Kier alpha value is -3.05. The summed E-state index contributed by atoms with van der Waals surface area (Å²) in [5.41, 5.74) is 7.87. The molecule has 2 aromatic heterocycles. The molecule has 3 aromatic rings. The largest absolute Gasteiger partial charge is 0.464 e. The molecule has 0 unspecified atom stereocenters. The molecular weight excluding hydrogens is 374 g/mol. The fraction of sp³-hybridized carbons (Fsp3) is 0.0625. The first kappa shape index (κ1) is 15.8. The number of hydrogen-bond donors (Lipinski definition) is 1. The molecular formula is C16H12BrN5O2. The molecule has 7 nitrogen and oxygen atoms in total. The van der Waals surface area contributed by atoms with Gasteiger partial charge in [-0.25, -0.2) is 9.48 Å². The summed E-state index contributed by atoms with van der Waals surface area (Å²) < 4.78 is 8.89. The van der Waals surface area contributed by atoms with Gasteiger partial charge in [-0.05, 0) is 40.2 Å². The number of rotatable bonds is 3. The highest BCUT2D eigenvalue weighted by atomic mass is 79.9. The number of benzene rings is 1. The molecule has 0 saturated carbocycles. The number of carbonyl (C=O) groups is 1. The lowest BCUT2D eigenvalue weighted by Crippen LogP contribution is -2.11. The molecule has 8 heteroatoms. The Morgan fingerprint density at radius 1 is 1.29 bits per heavy atom. The van der Waals surface area contributed by atoms with Gasteiger partial charge >= 0.3 is 5.97 Å². The van der Waals surface area contributed by atoms with Crippen LogP contribution in [0, 0.1) is 11.3 Å². The van der Waals surface area contributed by atoms with Crippen molar-refractivity contribution >= 4 is 27.6 Å². The molecule has 0 aliphatic heterocycles. The standard InChI is InChI=1S/C16H12BrN5O2/c1-24-16(23)15-14(19)10(6-18)8-21(15)12-2-4-13(5-3-12)22-9-11(17)7-20-22/h2-5,7-9H,19H2,1H3. The number of nitriles is 1. The van der Waals surface area contributed by atoms with E-state index in [1.165, 1.54) is 13.3 Å². The van der Waals surface area contributed by atoms with Crippen molar-refractivity contribution in [2.75, 3.05) is 12.8 Å². The summed E-state index contributed by atoms with van der Waals surface area (Å²) in [4.78, 5) is 12.0. The summed E-state index contributed by atoms with van der Waals surface area (Å²) in [6.07, 6.45) is 5.03. The molecule has 0 amide bonds. The SMILES string of the molecule is COC(=O)c1c(N)c(C#N)cn1-c1ccc(-n2cc(Br)cn2)cc1. The number of nitrogens with two attached hydrogens (primary N) is 1. The molecule has 0 bridgehead atoms. The molecule has 24 heavy (non-hydrogen) atoms. The van der Waals surface area contributed by atoms with E-state index in [4.69, 9.17) is 15.7 Å². The van der Waals surface area contributed by atoms with Gasteiger partial charge in [0.05, 0.1) is 34.7 Å². The van der Waals surface area contributed by atoms with Gasteiger partial charge in [0.2, 0.25) is 0 Å². The fourth-order valence-corrected chi connectivity index (χ4v) is 2.61. The van der Waals surface area contributed by atoms with E-state index in [0.29, 0.717) is 5.69 Å². The Bertz CT molecular complexity index is 950. The number of halogens is 1. The highest BCUT2D eigenvalue weighted by molar-refractivity contribution is 9.10. The zero-order chi connectivity index (χ0) is 17.3. The Kier molecular flexibility index (Phi) is 4.10. The van der Waals surface area contributed by atoms with E-state index in [9.17, 15) is 4.79 Å². The van der Waals surface area contributed by atoms with Gasteiger partial charge in [0.1, 0.15) is 6.07 Å². The minimum Gasteiger partial charge on any atom is -0.464 e. The summed E-state index contributed by atoms with van der Waals surface area (Å²) >= 11 is 3.35. The number of methoxy groups -OCH3 is 1. The summed E-state index contributed by atoms with van der Waals surface area (Å²) in [5.74, 6) is -0.603. The second-order valence-electron chi connectivity index (χ2n) is 4.90. The molecule has 2 heterocycles. The molecule has 3 rings (SSSR count). The van der Waals surface area contributed by atoms with E-state index in [0.717, 1.165) is 10.2 Å². The van der Waals surface area contributed by atoms with Gasteiger partial charge in [0, 0.05) is 18.1 Å². The van der Waals surface area contributed by atoms with Crippen LogP contribution in [0.25, 0.3) is 11.4 Å². The molecule has 0 radical (unpaired) electrons. The predicted molar refractivity (Wildman–Crippen MR) is 91.1 cm³/mol. The van der Waals surface area contributed by atoms with Crippen molar-refractivity contribution in [3.05, 3.63) is 58.6 Å². The van der Waals surface area contributed by atoms with Gasteiger partial charge in [-0.1, -0.05) is 0 Å². The molecule has 0 atom stereocenters. The average molecular weight is 386 g/mol. The minimum atomic E-state index is -0.603. The number of esters is 1. The minimum absolute atomic E-state index is 0.101. The Labute approximate surface area is 146 Å². The number of nitrogens with zero attached hydrogens (tertiary/aromatic N) is 4. The Balaban J connectivity index is 2.06. The molecule has 0 fully saturated rings. The van der Waals surface area contributed by atoms with Crippen molar-refractivity contribution < 1.29 is 9.53 Å². The van der Waals surface area contributed by atoms with Crippen LogP contribution in [0.2, 0.25) is 0 Å². The maximum Gasteiger partial charge on any atom is 0.357 e. The fourth-order valence-electron chi connectivity index (χ4n) is 2.33. The Morgan fingerprint density at radius 3 is 2.50 bits per heavy atom. The number of nitrogen functional groups attached to an aromatic ring is 1. The van der Waals surface area contributed by atoms with Crippen LogP contribution in [0.4, 0.5) is 5.69 Å². The predicted octanol–water partition coefficient (Wildman–Crippen LogP) is 2.67. The van der Waals surface area contributed by atoms with Crippen LogP contribution >= 0.6 is 15.9 Å². The topological polar surface area (TPSA) is 98.9 Å². The van der Waals surface area contributed by atoms with Gasteiger partial charge in [0.25, 0.3) is 0 Å². The van der Waals surface area contributed by atoms with Crippen LogP contribution in [0.1, 0.15) is 16.1 Å². The number of carbonyl (C=O) groups excluding carboxylic acids is 1. The highest BCUT2D eigenvalue weighted by Crippen LogP contribution is 2.25. The quantitative estimate of drug-likeness (QED) is 0.698. The molecule has 2 N–H and O–H groups in total. The third kappa shape index (κ3) is 2.66. The van der Waals surface area contributed by atoms with Gasteiger partial charge in [0.15, 0.2) is 5.69 Å². The van der Waals surface area contributed by atoms with Crippen molar-refractivity contribution in [1.82, 2.24) is 14.3 Å². The summed E-state index contributed by atoms with van der Waals surface area (Å²) in [6, 6.07) is 9.27. The molecule has 1 aromatic carbocycles. The maximum absolute atomic E-state index is 12.0. The summed E-state index contributed by atoms with van der Waals surface area (Å²) in [5, 5.41) is 13.3. The van der Waals surface area contributed by atoms with E-state index in [2.05, 4.69) is 21.0 Å². The lowest BCUT2D eigenvalue weighted by Gasteiger charge is -2.09. The van der Waals surface area contributed by atoms with Crippen LogP contribution < -0.4 is 5.73 Å². The number of hydrogen-bond acceptors (Lipinski definition) is 5. The number of ether oxygens (including phenoxy) is 1. The summed E-state index contributed by atoms with van der Waals surface area (Å²) in [7, 11) is 1.27. The third-order valence-electron chi connectivity index (χ3n) is 3.49.